The molecular weight excluding hydrogens is 312 g/mol. The molecule has 0 aromatic heterocycles. The van der Waals surface area contributed by atoms with Gasteiger partial charge in [-0.2, -0.15) is 5.10 Å². The minimum Gasteiger partial charge on any atom is -0.273 e. The molecule has 0 atom stereocenters. The van der Waals surface area contributed by atoms with Gasteiger partial charge in [0, 0.05) is 23.9 Å². The van der Waals surface area contributed by atoms with Crippen LogP contribution in [0.1, 0.15) is 18.4 Å². The van der Waals surface area contributed by atoms with Gasteiger partial charge in [-0.3, -0.25) is 4.79 Å². The highest BCUT2D eigenvalue weighted by Crippen LogP contribution is 2.17. The second-order valence-corrected chi connectivity index (χ2v) is 12.5. The lowest BCUT2D eigenvalue weighted by Gasteiger charge is -2.21. The summed E-state index contributed by atoms with van der Waals surface area (Å²) in [5, 5.41) is 6.65. The Bertz CT molecular complexity index is 635. The van der Waals surface area contributed by atoms with E-state index in [1.165, 1.54) is 5.01 Å². The van der Waals surface area contributed by atoms with Crippen LogP contribution in [0.3, 0.4) is 0 Å². The zero-order valence-corrected chi connectivity index (χ0v) is 15.1. The van der Waals surface area contributed by atoms with E-state index in [4.69, 9.17) is 11.6 Å². The van der Waals surface area contributed by atoms with E-state index in [2.05, 4.69) is 36.6 Å². The summed E-state index contributed by atoms with van der Waals surface area (Å²) in [5.41, 5.74) is 1.93. The number of carbonyl (C=O) groups is 1. The summed E-state index contributed by atoms with van der Waals surface area (Å²) in [6.45, 7) is 7.22. The van der Waals surface area contributed by atoms with Crippen LogP contribution in [0, 0.1) is 11.8 Å². The van der Waals surface area contributed by atoms with Crippen LogP contribution in [-0.4, -0.2) is 31.2 Å². The third-order valence-electron chi connectivity index (χ3n) is 3.25. The molecule has 0 radical (unpaired) electrons. The molecule has 0 N–H and O–H groups in total. The number of amides is 1. The number of hydrazone groups is 1. The molecule has 22 heavy (non-hydrogen) atoms. The predicted octanol–water partition coefficient (Wildman–Crippen LogP) is 4.01. The van der Waals surface area contributed by atoms with Crippen molar-refractivity contribution in [3.8, 4) is 11.8 Å². The number of benzene rings is 1. The Labute approximate surface area is 138 Å². The zero-order chi connectivity index (χ0) is 16.2. The Morgan fingerprint density at radius 2 is 1.86 bits per heavy atom. The van der Waals surface area contributed by atoms with Crippen molar-refractivity contribution in [1.29, 1.82) is 0 Å². The van der Waals surface area contributed by atoms with Crippen LogP contribution >= 0.6 is 11.6 Å². The fourth-order valence-corrected chi connectivity index (χ4v) is 2.81. The molecule has 1 amide bonds. The number of hydrogen-bond donors (Lipinski definition) is 0. The molecule has 0 spiro atoms. The van der Waals surface area contributed by atoms with Gasteiger partial charge < -0.3 is 0 Å². The van der Waals surface area contributed by atoms with Gasteiger partial charge >= 0.3 is 0 Å². The van der Waals surface area contributed by atoms with Gasteiger partial charge in [0.15, 0.2) is 0 Å². The van der Waals surface area contributed by atoms with E-state index in [1.54, 1.807) is 0 Å². The molecule has 1 aliphatic heterocycles. The van der Waals surface area contributed by atoms with E-state index in [0.29, 0.717) is 24.4 Å². The Hall–Kier alpha value is -1.57. The maximum atomic E-state index is 12.0. The summed E-state index contributed by atoms with van der Waals surface area (Å²) < 4.78 is 0. The van der Waals surface area contributed by atoms with Gasteiger partial charge in [-0.1, -0.05) is 49.3 Å². The monoisotopic (exact) mass is 332 g/mol. The molecule has 0 fully saturated rings. The van der Waals surface area contributed by atoms with E-state index < -0.39 is 8.07 Å². The molecule has 3 nitrogen and oxygen atoms in total. The van der Waals surface area contributed by atoms with Crippen molar-refractivity contribution < 1.29 is 4.79 Å². The van der Waals surface area contributed by atoms with E-state index in [1.807, 2.05) is 24.3 Å². The SMILES string of the molecule is C[Si](C)(C)CC#CCN1N=C(c2ccc(Cl)cc2)CCC1=O. The Kier molecular flexibility index (Phi) is 5.44. The van der Waals surface area contributed by atoms with Gasteiger partial charge in [-0.25, -0.2) is 5.01 Å². The predicted molar refractivity (Wildman–Crippen MR) is 94.9 cm³/mol. The van der Waals surface area contributed by atoms with Crippen LogP contribution in [0.25, 0.3) is 0 Å². The van der Waals surface area contributed by atoms with Crippen LogP contribution in [0.4, 0.5) is 0 Å². The summed E-state index contributed by atoms with van der Waals surface area (Å²) >= 11 is 5.90. The standard InChI is InChI=1S/C17H21ClN2OSi/c1-22(2,3)13-5-4-12-20-17(21)11-10-16(19-20)14-6-8-15(18)9-7-14/h6-9H,10-13H2,1-3H3. The van der Waals surface area contributed by atoms with Crippen LogP contribution in [0.2, 0.25) is 30.7 Å². The normalized spacial score (nSPS) is 15.2. The summed E-state index contributed by atoms with van der Waals surface area (Å²) in [6, 6.07) is 8.50. The molecule has 5 heteroatoms. The Balaban J connectivity index is 2.08. The van der Waals surface area contributed by atoms with Crippen LogP contribution in [0.5, 0.6) is 0 Å². The van der Waals surface area contributed by atoms with E-state index in [-0.39, 0.29) is 5.91 Å². The molecular formula is C17H21ClN2OSi. The Morgan fingerprint density at radius 3 is 2.50 bits per heavy atom. The Morgan fingerprint density at radius 1 is 1.18 bits per heavy atom. The first-order valence-corrected chi connectivity index (χ1v) is 11.5. The molecule has 0 saturated heterocycles. The van der Waals surface area contributed by atoms with Crippen molar-refractivity contribution in [2.75, 3.05) is 6.54 Å². The molecule has 1 aromatic rings. The molecule has 1 heterocycles. The summed E-state index contributed by atoms with van der Waals surface area (Å²) in [6.07, 6.45) is 1.15. The first kappa shape index (κ1) is 16.8. The number of carbonyl (C=O) groups excluding carboxylic acids is 1. The quantitative estimate of drug-likeness (QED) is 0.608. The van der Waals surface area contributed by atoms with Gasteiger partial charge in [0.25, 0.3) is 0 Å². The average molecular weight is 333 g/mol. The average Bonchev–Trinajstić information content (AvgIpc) is 2.45. The maximum absolute atomic E-state index is 12.0. The van der Waals surface area contributed by atoms with Crippen molar-refractivity contribution in [2.24, 2.45) is 5.10 Å². The number of halogens is 1. The molecule has 1 aromatic carbocycles. The van der Waals surface area contributed by atoms with E-state index in [0.717, 1.165) is 17.3 Å². The first-order valence-electron chi connectivity index (χ1n) is 7.45. The molecule has 0 saturated carbocycles. The van der Waals surface area contributed by atoms with Gasteiger partial charge in [0.05, 0.1) is 13.8 Å². The maximum Gasteiger partial charge on any atom is 0.243 e. The number of nitrogens with zero attached hydrogens (tertiary/aromatic N) is 2. The van der Waals surface area contributed by atoms with Crippen molar-refractivity contribution in [3.05, 3.63) is 34.9 Å². The molecule has 1 aliphatic rings. The van der Waals surface area contributed by atoms with Crippen molar-refractivity contribution in [3.63, 3.8) is 0 Å². The van der Waals surface area contributed by atoms with Crippen molar-refractivity contribution in [2.45, 2.75) is 38.5 Å². The largest absolute Gasteiger partial charge is 0.273 e. The minimum absolute atomic E-state index is 0.0417. The van der Waals surface area contributed by atoms with Gasteiger partial charge in [-0.15, -0.1) is 5.92 Å². The second kappa shape index (κ2) is 7.13. The summed E-state index contributed by atoms with van der Waals surface area (Å²) in [7, 11) is -1.16. The fraction of sp³-hybridized carbons (Fsp3) is 0.412. The number of rotatable bonds is 3. The topological polar surface area (TPSA) is 32.7 Å². The minimum atomic E-state index is -1.16. The molecule has 0 unspecified atom stereocenters. The highest BCUT2D eigenvalue weighted by Gasteiger charge is 2.20. The highest BCUT2D eigenvalue weighted by atomic mass is 35.5. The fourth-order valence-electron chi connectivity index (χ4n) is 2.03. The highest BCUT2D eigenvalue weighted by molar-refractivity contribution is 6.76. The molecule has 2 rings (SSSR count). The van der Waals surface area contributed by atoms with Crippen molar-refractivity contribution >= 4 is 31.3 Å². The lowest BCUT2D eigenvalue weighted by Crippen LogP contribution is -2.32. The van der Waals surface area contributed by atoms with Gasteiger partial charge in [0.2, 0.25) is 5.91 Å². The van der Waals surface area contributed by atoms with Gasteiger partial charge in [-0.05, 0) is 17.7 Å². The third-order valence-corrected chi connectivity index (χ3v) is 4.74. The second-order valence-electron chi connectivity index (χ2n) is 6.60. The summed E-state index contributed by atoms with van der Waals surface area (Å²) in [5.74, 6) is 6.31. The van der Waals surface area contributed by atoms with Crippen LogP contribution < -0.4 is 0 Å². The lowest BCUT2D eigenvalue weighted by atomic mass is 10.0. The van der Waals surface area contributed by atoms with Crippen LogP contribution in [0.15, 0.2) is 29.4 Å². The third kappa shape index (κ3) is 5.01. The number of hydrogen-bond acceptors (Lipinski definition) is 2. The van der Waals surface area contributed by atoms with E-state index in [9.17, 15) is 4.79 Å². The molecule has 0 aliphatic carbocycles. The van der Waals surface area contributed by atoms with E-state index >= 15 is 0 Å². The molecule has 116 valence electrons. The smallest absolute Gasteiger partial charge is 0.243 e. The lowest BCUT2D eigenvalue weighted by molar-refractivity contribution is -0.131. The molecule has 0 bridgehead atoms. The van der Waals surface area contributed by atoms with Gasteiger partial charge in [0.1, 0.15) is 6.54 Å². The van der Waals surface area contributed by atoms with Crippen LogP contribution in [-0.2, 0) is 4.79 Å². The summed E-state index contributed by atoms with van der Waals surface area (Å²) in [4.78, 5) is 12.0. The van der Waals surface area contributed by atoms with Crippen molar-refractivity contribution in [1.82, 2.24) is 5.01 Å². The first-order chi connectivity index (χ1) is 10.3. The zero-order valence-electron chi connectivity index (χ0n) is 13.3.